The number of hydrogen-bond acceptors (Lipinski definition) is 15. The van der Waals surface area contributed by atoms with Gasteiger partial charge in [-0.3, -0.25) is 10.5 Å². The van der Waals surface area contributed by atoms with Crippen molar-refractivity contribution in [1.29, 1.82) is 1.34 Å². The molecule has 0 aliphatic heterocycles. The van der Waals surface area contributed by atoms with E-state index in [1.165, 1.54) is 60.6 Å². The summed E-state index contributed by atoms with van der Waals surface area (Å²) in [7, 11) is -0.173. The molecule has 6 rings (SSSR count). The van der Waals surface area contributed by atoms with Crippen molar-refractivity contribution in [3.63, 3.8) is 0 Å². The van der Waals surface area contributed by atoms with Crippen LogP contribution in [0.25, 0.3) is 0 Å². The first-order chi connectivity index (χ1) is 28.8. The van der Waals surface area contributed by atoms with Gasteiger partial charge in [-0.2, -0.15) is 0 Å². The average molecular weight is 1190 g/mol. The SMILES string of the molecule is Fc1ccc(S)cc1.Nc1cc(Br)cnc1C(=O)O.Nc1cc(S(=O)(=O)c2ccc(F)cc2)cnc1C(=O)O.Nc1cc(Sc2ccc(F)cc2)cnc1C(=O)O.OO.[2H][B].[U]. The summed E-state index contributed by atoms with van der Waals surface area (Å²) >= 11 is 8.40. The van der Waals surface area contributed by atoms with Crippen LogP contribution < -0.4 is 17.2 Å². The molecule has 25 heteroatoms. The first-order valence-electron chi connectivity index (χ1n) is 16.1. The Morgan fingerprint density at radius 2 is 1.00 bits per heavy atom. The van der Waals surface area contributed by atoms with E-state index in [4.69, 9.17) is 44.4 Å². The van der Waals surface area contributed by atoms with Crippen molar-refractivity contribution in [3.05, 3.63) is 149 Å². The average Bonchev–Trinajstić information content (AvgIpc) is 3.22. The summed E-state index contributed by atoms with van der Waals surface area (Å²) in [6.07, 6.45) is 3.71. The number of aromatic nitrogens is 3. The van der Waals surface area contributed by atoms with Crippen LogP contribution in [0.1, 0.15) is 31.5 Å². The molecule has 0 aliphatic carbocycles. The number of hydrogen-bond donors (Lipinski definition) is 9. The predicted octanol–water partition coefficient (Wildman–Crippen LogP) is 6.59. The molecule has 16 nitrogen and oxygen atoms in total. The van der Waals surface area contributed by atoms with E-state index in [0.717, 1.165) is 46.3 Å². The fourth-order valence-electron chi connectivity index (χ4n) is 3.95. The Labute approximate surface area is 390 Å². The van der Waals surface area contributed by atoms with E-state index >= 15 is 0 Å². The molecule has 0 aliphatic rings. The zero-order valence-electron chi connectivity index (χ0n) is 31.6. The molecule has 0 spiro atoms. The second kappa shape index (κ2) is 27.0. The van der Waals surface area contributed by atoms with E-state index in [2.05, 4.69) is 51.9 Å². The third-order valence-corrected chi connectivity index (χ3v) is 10.0. The molecule has 0 bridgehead atoms. The van der Waals surface area contributed by atoms with Crippen LogP contribution in [0.15, 0.2) is 139 Å². The third kappa shape index (κ3) is 18.2. The minimum absolute atomic E-state index is 0. The number of rotatable bonds is 7. The van der Waals surface area contributed by atoms with Gasteiger partial charge < -0.3 is 32.5 Å². The number of benzene rings is 3. The van der Waals surface area contributed by atoms with Crippen LogP contribution in [-0.2, 0) is 9.84 Å². The fraction of sp³-hybridized carbons (Fsp3) is 0. The van der Waals surface area contributed by atoms with Crippen LogP contribution >= 0.6 is 40.3 Å². The summed E-state index contributed by atoms with van der Waals surface area (Å²) < 4.78 is 67.9. The van der Waals surface area contributed by atoms with Crippen molar-refractivity contribution in [3.8, 4) is 0 Å². The van der Waals surface area contributed by atoms with Gasteiger partial charge in [0, 0.05) is 77.2 Å². The number of anilines is 3. The monoisotopic (exact) mass is 1190 g/mol. The van der Waals surface area contributed by atoms with Crippen LogP contribution in [0.3, 0.4) is 0 Å². The fourth-order valence-corrected chi connectivity index (χ4v) is 6.52. The zero-order chi connectivity index (χ0) is 46.4. The number of nitrogens with zero attached hydrogens (tertiary/aromatic N) is 3. The summed E-state index contributed by atoms with van der Waals surface area (Å²) in [4.78, 5) is 44.7. The van der Waals surface area contributed by atoms with Gasteiger partial charge in [-0.25, -0.2) is 50.9 Å². The van der Waals surface area contributed by atoms with E-state index in [9.17, 15) is 36.0 Å². The molecular weight excluding hydrogens is 1160 g/mol. The first-order valence-corrected chi connectivity index (χ1v) is 19.0. The Kier molecular flexibility index (Phi) is 23.8. The van der Waals surface area contributed by atoms with Crippen molar-refractivity contribution in [2.24, 2.45) is 0 Å². The molecule has 0 unspecified atom stereocenters. The number of carbonyl (C=O) groups is 3. The number of sulfone groups is 1. The van der Waals surface area contributed by atoms with Gasteiger partial charge in [-0.1, -0.05) is 11.8 Å². The number of carboxylic acid groups (broad SMARTS) is 3. The first kappa shape index (κ1) is 53.9. The smallest absolute Gasteiger partial charge is 0.356 e. The van der Waals surface area contributed by atoms with E-state index in [1.807, 2.05) is 0 Å². The number of carboxylic acids is 3. The van der Waals surface area contributed by atoms with E-state index in [0.29, 0.717) is 9.37 Å². The zero-order valence-corrected chi connectivity index (χ0v) is 38.9. The van der Waals surface area contributed by atoms with Crippen molar-refractivity contribution in [2.45, 2.75) is 24.5 Å². The molecule has 0 amide bonds. The number of aromatic carboxylic acids is 3. The van der Waals surface area contributed by atoms with Crippen molar-refractivity contribution < 1.29 is 92.9 Å². The number of halogens is 4. The maximum absolute atomic E-state index is 12.8. The molecule has 318 valence electrons. The van der Waals surface area contributed by atoms with Crippen molar-refractivity contribution in [1.82, 2.24) is 15.0 Å². The normalized spacial score (nSPS) is 9.85. The second-order valence-electron chi connectivity index (χ2n) is 10.7. The molecule has 3 heterocycles. The van der Waals surface area contributed by atoms with Crippen LogP contribution in [-0.4, -0.2) is 76.8 Å². The van der Waals surface area contributed by atoms with Crippen LogP contribution in [0, 0.1) is 48.6 Å². The Hall–Kier alpha value is -5.12. The minimum atomic E-state index is -3.92. The number of nitrogen functional groups attached to an aromatic ring is 3. The van der Waals surface area contributed by atoms with E-state index < -0.39 is 39.3 Å². The number of thiol groups is 1. The summed E-state index contributed by atoms with van der Waals surface area (Å²) in [5, 5.41) is 38.1. The van der Waals surface area contributed by atoms with Crippen molar-refractivity contribution >= 4 is 93.5 Å². The number of nitrogens with two attached hydrogens (primary N) is 3. The summed E-state index contributed by atoms with van der Waals surface area (Å²) in [5.41, 5.74) is 15.7. The quantitative estimate of drug-likeness (QED) is 0.0268. The second-order valence-corrected chi connectivity index (χ2v) is 15.2. The molecule has 11 N–H and O–H groups in total. The molecule has 2 radical (unpaired) electrons. The van der Waals surface area contributed by atoms with Gasteiger partial charge in [0.2, 0.25) is 9.84 Å². The standard InChI is InChI=1S/C12H9FN2O4S.C12H9FN2O2S.C6H5BrN2O2.C6H5FS.BH.H2O2.U/c13-7-1-3-8(4-2-7)20(18,19)9-5-10(14)11(12(16)17)15-6-9;13-7-1-3-8(4-2-7)18-9-5-10(14)11(12(16)17)15-6-9;7-3-1-4(8)5(6(10)11)9-2-3;7-5-1-3-6(8)4-2-5;;1-2;/h1-6H,14H2,(H,16,17);1-6H,14H2,(H,16,17);1-2H,8H2,(H,10,11);1-4,8H;1H;1-2H;/i;;;;1D;;. The van der Waals surface area contributed by atoms with Gasteiger partial charge in [-0.05, 0) is 108 Å². The van der Waals surface area contributed by atoms with Gasteiger partial charge >= 0.3 is 17.9 Å². The minimum Gasteiger partial charge on any atom is -0.476 e. The molecule has 0 saturated carbocycles. The Balaban J connectivity index is 0.000000811. The molecule has 0 saturated heterocycles. The maximum Gasteiger partial charge on any atom is 0.356 e. The Bertz CT molecular complexity index is 2490. The van der Waals surface area contributed by atoms with Crippen LogP contribution in [0.5, 0.6) is 0 Å². The predicted molar refractivity (Wildman–Crippen MR) is 223 cm³/mol. The van der Waals surface area contributed by atoms with E-state index in [1.54, 1.807) is 24.3 Å². The molecule has 0 atom stereocenters. The molecule has 0 fully saturated rings. The van der Waals surface area contributed by atoms with Crippen LogP contribution in [0.2, 0.25) is 0 Å². The molecule has 3 aromatic heterocycles. The Morgan fingerprint density at radius 3 is 1.39 bits per heavy atom. The topological polar surface area (TPSA) is 303 Å². The largest absolute Gasteiger partial charge is 0.476 e. The van der Waals surface area contributed by atoms with E-state index in [-0.39, 0.29) is 81.0 Å². The van der Waals surface area contributed by atoms with Gasteiger partial charge in [0.1, 0.15) is 17.5 Å². The summed E-state index contributed by atoms with van der Waals surface area (Å²) in [6.45, 7) is 0. The maximum atomic E-state index is 12.8. The van der Waals surface area contributed by atoms with Gasteiger partial charge in [0.05, 0.1) is 26.9 Å². The van der Waals surface area contributed by atoms with Crippen LogP contribution in [0.4, 0.5) is 30.2 Å². The Morgan fingerprint density at radius 1 is 0.623 bits per heavy atom. The van der Waals surface area contributed by atoms with Gasteiger partial charge in [-0.15, -0.1) is 12.6 Å². The number of pyridine rings is 3. The van der Waals surface area contributed by atoms with Gasteiger partial charge in [0.25, 0.3) is 0 Å². The molecule has 3 aromatic carbocycles. The molecular formula is C36H31BBrF3N6O10S3U. The van der Waals surface area contributed by atoms with Gasteiger partial charge in [0.15, 0.2) is 17.1 Å². The molecule has 6 aromatic rings. The molecule has 61 heavy (non-hydrogen) atoms. The van der Waals surface area contributed by atoms with Crippen molar-refractivity contribution in [2.75, 3.05) is 17.2 Å². The summed E-state index contributed by atoms with van der Waals surface area (Å²) in [5.74, 6) is -4.72. The summed E-state index contributed by atoms with van der Waals surface area (Å²) in [6, 6.07) is 20.2. The third-order valence-electron chi connectivity index (χ3n) is 6.59.